The van der Waals surface area contributed by atoms with E-state index < -0.39 is 0 Å². The van der Waals surface area contributed by atoms with Crippen molar-refractivity contribution in [2.75, 3.05) is 25.0 Å². The zero-order valence-corrected chi connectivity index (χ0v) is 12.5. The van der Waals surface area contributed by atoms with Crippen molar-refractivity contribution in [3.63, 3.8) is 0 Å². The highest BCUT2D eigenvalue weighted by molar-refractivity contribution is 5.85. The van der Waals surface area contributed by atoms with Gasteiger partial charge in [0.2, 0.25) is 5.91 Å². The molecule has 4 nitrogen and oxygen atoms in total. The summed E-state index contributed by atoms with van der Waals surface area (Å²) >= 11 is 0. The van der Waals surface area contributed by atoms with E-state index in [2.05, 4.69) is 10.2 Å². The Morgan fingerprint density at radius 2 is 2.00 bits per heavy atom. The monoisotopic (exact) mass is 285 g/mol. The Kier molecular flexibility index (Phi) is 9.00. The summed E-state index contributed by atoms with van der Waals surface area (Å²) in [5.74, 6) is -0.0571. The molecular formula is C14H24ClN3O. The molecule has 3 N–H and O–H groups in total. The summed E-state index contributed by atoms with van der Waals surface area (Å²) < 4.78 is 0. The molecule has 0 bridgehead atoms. The van der Waals surface area contributed by atoms with Crippen molar-refractivity contribution in [2.45, 2.75) is 25.8 Å². The summed E-state index contributed by atoms with van der Waals surface area (Å²) in [6.07, 6.45) is 1.67. The first-order valence-corrected chi connectivity index (χ1v) is 6.44. The summed E-state index contributed by atoms with van der Waals surface area (Å²) in [7, 11) is 2.01. The molecular weight excluding hydrogens is 262 g/mol. The van der Waals surface area contributed by atoms with Crippen molar-refractivity contribution in [2.24, 2.45) is 5.73 Å². The number of para-hydroxylation sites is 1. The van der Waals surface area contributed by atoms with Crippen LogP contribution in [0.25, 0.3) is 0 Å². The van der Waals surface area contributed by atoms with Crippen molar-refractivity contribution in [1.29, 1.82) is 0 Å². The molecule has 0 aliphatic carbocycles. The van der Waals surface area contributed by atoms with E-state index in [4.69, 9.17) is 5.73 Å². The minimum absolute atomic E-state index is 0. The number of likely N-dealkylation sites (N-methyl/N-ethyl adjacent to an activating group) is 1. The summed E-state index contributed by atoms with van der Waals surface area (Å²) in [6, 6.07) is 9.71. The van der Waals surface area contributed by atoms with Crippen molar-refractivity contribution >= 4 is 24.0 Å². The average Bonchev–Trinajstić information content (AvgIpc) is 2.39. The van der Waals surface area contributed by atoms with Crippen molar-refractivity contribution < 1.29 is 4.79 Å². The van der Waals surface area contributed by atoms with Crippen LogP contribution in [0.2, 0.25) is 0 Å². The van der Waals surface area contributed by atoms with E-state index in [0.717, 1.165) is 25.1 Å². The molecule has 5 heteroatoms. The molecule has 1 aromatic rings. The highest BCUT2D eigenvalue weighted by Crippen LogP contribution is 2.09. The van der Waals surface area contributed by atoms with Gasteiger partial charge in [-0.1, -0.05) is 31.5 Å². The third-order valence-corrected chi connectivity index (χ3v) is 2.88. The fraction of sp³-hybridized carbons (Fsp3) is 0.500. The zero-order valence-electron chi connectivity index (χ0n) is 11.6. The van der Waals surface area contributed by atoms with Gasteiger partial charge < -0.3 is 16.0 Å². The number of hydrogen-bond donors (Lipinski definition) is 2. The molecule has 0 aliphatic heterocycles. The molecule has 0 spiro atoms. The second-order valence-corrected chi connectivity index (χ2v) is 4.44. The highest BCUT2D eigenvalue weighted by Gasteiger charge is 2.11. The van der Waals surface area contributed by atoms with E-state index in [1.165, 1.54) is 0 Å². The zero-order chi connectivity index (χ0) is 13.4. The smallest absolute Gasteiger partial charge is 0.236 e. The fourth-order valence-electron chi connectivity index (χ4n) is 1.73. The maximum absolute atomic E-state index is 11.6. The number of nitrogens with two attached hydrogens (primary N) is 1. The van der Waals surface area contributed by atoms with Gasteiger partial charge in [0.1, 0.15) is 0 Å². The van der Waals surface area contributed by atoms with Crippen LogP contribution in [0.15, 0.2) is 30.3 Å². The molecule has 19 heavy (non-hydrogen) atoms. The molecule has 0 aromatic heterocycles. The second kappa shape index (κ2) is 9.64. The van der Waals surface area contributed by atoms with E-state index in [1.807, 2.05) is 44.3 Å². The van der Waals surface area contributed by atoms with Crippen LogP contribution in [-0.4, -0.2) is 32.1 Å². The molecule has 1 amide bonds. The predicted molar refractivity (Wildman–Crippen MR) is 82.9 cm³/mol. The highest BCUT2D eigenvalue weighted by atomic mass is 35.5. The molecule has 1 unspecified atom stereocenters. The molecule has 0 saturated heterocycles. The maximum atomic E-state index is 11.6. The second-order valence-electron chi connectivity index (χ2n) is 4.44. The van der Waals surface area contributed by atoms with Gasteiger partial charge in [-0.05, 0) is 18.6 Å². The minimum atomic E-state index is -0.378. The molecule has 1 rings (SSSR count). The fourth-order valence-corrected chi connectivity index (χ4v) is 1.73. The Balaban J connectivity index is 0.00000324. The number of anilines is 1. The van der Waals surface area contributed by atoms with E-state index in [0.29, 0.717) is 6.54 Å². The van der Waals surface area contributed by atoms with Gasteiger partial charge in [-0.3, -0.25) is 4.79 Å². The number of halogens is 1. The number of nitrogens with one attached hydrogen (secondary N) is 1. The van der Waals surface area contributed by atoms with Crippen LogP contribution in [0, 0.1) is 0 Å². The molecule has 0 fully saturated rings. The number of hydrogen-bond acceptors (Lipinski definition) is 3. The average molecular weight is 286 g/mol. The van der Waals surface area contributed by atoms with Crippen LogP contribution in [0.5, 0.6) is 0 Å². The van der Waals surface area contributed by atoms with E-state index >= 15 is 0 Å². The molecule has 0 aliphatic rings. The Labute approximate surface area is 121 Å². The third kappa shape index (κ3) is 6.45. The van der Waals surface area contributed by atoms with Crippen molar-refractivity contribution in [3.05, 3.63) is 30.3 Å². The predicted octanol–water partition coefficient (Wildman–Crippen LogP) is 1.79. The van der Waals surface area contributed by atoms with E-state index in [1.54, 1.807) is 0 Å². The largest absolute Gasteiger partial charge is 0.373 e. The first-order valence-electron chi connectivity index (χ1n) is 6.44. The minimum Gasteiger partial charge on any atom is -0.373 e. The molecule has 0 radical (unpaired) electrons. The van der Waals surface area contributed by atoms with Gasteiger partial charge >= 0.3 is 0 Å². The normalized spacial score (nSPS) is 11.3. The quantitative estimate of drug-likeness (QED) is 0.803. The lowest BCUT2D eigenvalue weighted by molar-refractivity contribution is -0.122. The molecule has 108 valence electrons. The number of nitrogens with zero attached hydrogens (tertiary/aromatic N) is 1. The lowest BCUT2D eigenvalue weighted by Crippen LogP contribution is -2.43. The molecule has 0 saturated carbocycles. The Hall–Kier alpha value is -1.26. The van der Waals surface area contributed by atoms with Crippen LogP contribution in [0.1, 0.15) is 19.8 Å². The lowest BCUT2D eigenvalue weighted by atomic mass is 10.2. The van der Waals surface area contributed by atoms with Gasteiger partial charge in [0.05, 0.1) is 6.04 Å². The number of rotatable bonds is 7. The van der Waals surface area contributed by atoms with Gasteiger partial charge in [0.15, 0.2) is 0 Å². The summed E-state index contributed by atoms with van der Waals surface area (Å²) in [4.78, 5) is 13.7. The standard InChI is InChI=1S/C14H23N3O.ClH/c1-3-7-13(15)14(18)16-10-11-17(2)12-8-5-4-6-9-12;/h4-6,8-9,13H,3,7,10-11,15H2,1-2H3,(H,16,18);1H. The third-order valence-electron chi connectivity index (χ3n) is 2.88. The van der Waals surface area contributed by atoms with Crippen LogP contribution < -0.4 is 16.0 Å². The number of carbonyl (C=O) groups is 1. The van der Waals surface area contributed by atoms with Gasteiger partial charge in [-0.25, -0.2) is 0 Å². The van der Waals surface area contributed by atoms with Gasteiger partial charge in [-0.15, -0.1) is 12.4 Å². The van der Waals surface area contributed by atoms with Crippen molar-refractivity contribution in [3.8, 4) is 0 Å². The molecule has 1 atom stereocenters. The Morgan fingerprint density at radius 3 is 2.58 bits per heavy atom. The van der Waals surface area contributed by atoms with Gasteiger partial charge in [-0.2, -0.15) is 0 Å². The van der Waals surface area contributed by atoms with E-state index in [9.17, 15) is 4.79 Å². The first kappa shape index (κ1) is 17.7. The number of amides is 1. The summed E-state index contributed by atoms with van der Waals surface area (Å²) in [5.41, 5.74) is 6.87. The lowest BCUT2D eigenvalue weighted by Gasteiger charge is -2.20. The Bertz CT molecular complexity index is 359. The number of benzene rings is 1. The first-order chi connectivity index (χ1) is 8.65. The van der Waals surface area contributed by atoms with Gasteiger partial charge in [0.25, 0.3) is 0 Å². The van der Waals surface area contributed by atoms with Crippen LogP contribution in [-0.2, 0) is 4.79 Å². The maximum Gasteiger partial charge on any atom is 0.236 e. The van der Waals surface area contributed by atoms with E-state index in [-0.39, 0.29) is 24.4 Å². The topological polar surface area (TPSA) is 58.4 Å². The number of carbonyl (C=O) groups excluding carboxylic acids is 1. The summed E-state index contributed by atoms with van der Waals surface area (Å²) in [6.45, 7) is 3.41. The van der Waals surface area contributed by atoms with Crippen LogP contribution in [0.4, 0.5) is 5.69 Å². The van der Waals surface area contributed by atoms with Crippen LogP contribution in [0.3, 0.4) is 0 Å². The Morgan fingerprint density at radius 1 is 1.37 bits per heavy atom. The molecule has 0 heterocycles. The van der Waals surface area contributed by atoms with Crippen LogP contribution >= 0.6 is 12.4 Å². The van der Waals surface area contributed by atoms with Gasteiger partial charge in [0, 0.05) is 25.8 Å². The summed E-state index contributed by atoms with van der Waals surface area (Å²) in [5, 5.41) is 2.86. The van der Waals surface area contributed by atoms with Crippen molar-refractivity contribution in [1.82, 2.24) is 5.32 Å². The molecule has 1 aromatic carbocycles. The SMILES string of the molecule is CCCC(N)C(=O)NCCN(C)c1ccccc1.Cl.